The highest BCUT2D eigenvalue weighted by atomic mass is 28.4. The van der Waals surface area contributed by atoms with Crippen LogP contribution in [-0.4, -0.2) is 27.3 Å². The summed E-state index contributed by atoms with van der Waals surface area (Å²) in [5, 5.41) is 0.103. The van der Waals surface area contributed by atoms with Crippen molar-refractivity contribution in [3.05, 3.63) is 59.7 Å². The number of methoxy groups -OCH3 is 1. The minimum Gasteiger partial charge on any atom is -0.493 e. The molecule has 190 valence electrons. The molecule has 0 amide bonds. The number of carbonyl (C=O) groups is 1. The second-order valence-electron chi connectivity index (χ2n) is 10.5. The lowest BCUT2D eigenvalue weighted by molar-refractivity contribution is -0.115. The van der Waals surface area contributed by atoms with E-state index >= 15 is 0 Å². The molecule has 0 aliphatic rings. The summed E-state index contributed by atoms with van der Waals surface area (Å²) in [6.07, 6.45) is 4.52. The van der Waals surface area contributed by atoms with E-state index in [0.29, 0.717) is 24.5 Å². The van der Waals surface area contributed by atoms with Crippen LogP contribution in [0.5, 0.6) is 11.5 Å². The van der Waals surface area contributed by atoms with Crippen LogP contribution in [-0.2, 0) is 15.8 Å². The molecule has 2 aromatic rings. The predicted molar refractivity (Wildman–Crippen MR) is 146 cm³/mol. The van der Waals surface area contributed by atoms with Gasteiger partial charge in [0.2, 0.25) is 5.78 Å². The maximum Gasteiger partial charge on any atom is 0.208 e. The predicted octanol–water partition coefficient (Wildman–Crippen LogP) is 7.56. The molecule has 1 atom stereocenters. The number of rotatable bonds is 12. The van der Waals surface area contributed by atoms with Gasteiger partial charge in [0.05, 0.1) is 13.2 Å². The number of Topliss-reactive ketones (excluding diaryl/α,β-unsaturated/α-hetero) is 1. The first kappa shape index (κ1) is 28.7. The van der Waals surface area contributed by atoms with Crippen LogP contribution in [0.15, 0.2) is 48.5 Å². The fourth-order valence-corrected chi connectivity index (χ4v) is 4.81. The van der Waals surface area contributed by atoms with Crippen molar-refractivity contribution in [1.82, 2.24) is 0 Å². The molecule has 0 N–H and O–H groups in total. The molecule has 0 spiro atoms. The fraction of sp³-hybridized carbons (Fsp3) is 0.500. The largest absolute Gasteiger partial charge is 0.493 e. The van der Waals surface area contributed by atoms with E-state index in [9.17, 15) is 4.79 Å². The van der Waals surface area contributed by atoms with Gasteiger partial charge in [-0.15, -0.1) is 0 Å². The van der Waals surface area contributed by atoms with Crippen LogP contribution in [0.1, 0.15) is 70.9 Å². The summed E-state index contributed by atoms with van der Waals surface area (Å²) in [5.41, 5.74) is 1.80. The number of hydrogen-bond acceptors (Lipinski definition) is 4. The van der Waals surface area contributed by atoms with E-state index in [1.165, 1.54) is 0 Å². The van der Waals surface area contributed by atoms with E-state index < -0.39 is 8.32 Å². The molecule has 0 saturated heterocycles. The topological polar surface area (TPSA) is 44.8 Å². The lowest BCUT2D eigenvalue weighted by Crippen LogP contribution is -2.44. The highest BCUT2D eigenvalue weighted by Crippen LogP contribution is 2.38. The Labute approximate surface area is 213 Å². The van der Waals surface area contributed by atoms with Gasteiger partial charge < -0.3 is 13.9 Å². The Bertz CT molecular complexity index is 996. The maximum absolute atomic E-state index is 12.8. The molecule has 2 aromatic carbocycles. The summed E-state index contributed by atoms with van der Waals surface area (Å²) in [4.78, 5) is 12.8. The van der Waals surface area contributed by atoms with Gasteiger partial charge in [0, 0.05) is 12.0 Å². The smallest absolute Gasteiger partial charge is 0.208 e. The molecular weight excluding hydrogens is 452 g/mol. The van der Waals surface area contributed by atoms with Gasteiger partial charge in [-0.1, -0.05) is 83.2 Å². The Morgan fingerprint density at radius 3 is 2.37 bits per heavy atom. The van der Waals surface area contributed by atoms with E-state index in [1.807, 2.05) is 48.5 Å². The minimum atomic E-state index is -1.96. The first-order chi connectivity index (χ1) is 16.6. The van der Waals surface area contributed by atoms with Crippen molar-refractivity contribution in [2.75, 3.05) is 7.11 Å². The normalized spacial score (nSPS) is 12.4. The summed E-state index contributed by atoms with van der Waals surface area (Å²) >= 11 is 0. The maximum atomic E-state index is 12.8. The lowest BCUT2D eigenvalue weighted by Gasteiger charge is -2.39. The second kappa shape index (κ2) is 13.5. The van der Waals surface area contributed by atoms with Crippen molar-refractivity contribution in [1.29, 1.82) is 0 Å². The van der Waals surface area contributed by atoms with Gasteiger partial charge in [-0.25, -0.2) is 0 Å². The number of benzene rings is 2. The van der Waals surface area contributed by atoms with Gasteiger partial charge in [0.15, 0.2) is 19.8 Å². The summed E-state index contributed by atoms with van der Waals surface area (Å²) in [6, 6.07) is 15.5. The van der Waals surface area contributed by atoms with Crippen molar-refractivity contribution in [3.63, 3.8) is 0 Å². The van der Waals surface area contributed by atoms with Gasteiger partial charge >= 0.3 is 0 Å². The van der Waals surface area contributed by atoms with Crippen molar-refractivity contribution >= 4 is 14.1 Å². The van der Waals surface area contributed by atoms with E-state index in [-0.39, 0.29) is 16.9 Å². The number of ether oxygens (including phenoxy) is 2. The van der Waals surface area contributed by atoms with Gasteiger partial charge in [-0.3, -0.25) is 4.79 Å². The van der Waals surface area contributed by atoms with Crippen molar-refractivity contribution < 1.29 is 18.7 Å². The fourth-order valence-electron chi connectivity index (χ4n) is 3.42. The zero-order valence-corrected chi connectivity index (χ0v) is 23.6. The Morgan fingerprint density at radius 2 is 1.74 bits per heavy atom. The van der Waals surface area contributed by atoms with E-state index in [2.05, 4.69) is 52.6 Å². The van der Waals surface area contributed by atoms with Gasteiger partial charge in [0.1, 0.15) is 6.61 Å². The summed E-state index contributed by atoms with van der Waals surface area (Å²) in [7, 11) is -0.361. The van der Waals surface area contributed by atoms with Gasteiger partial charge in [-0.05, 0) is 54.2 Å². The summed E-state index contributed by atoms with van der Waals surface area (Å²) in [5.74, 6) is 6.98. The molecule has 0 saturated carbocycles. The first-order valence-electron chi connectivity index (χ1n) is 12.6. The SMILES string of the molecule is CCCCC[C@@H](CC(=O)C#Cc1ccc(OCc2ccccc2)c(OC)c1)O[Si](C)(C)C(C)(C)C. The molecule has 5 heteroatoms. The van der Waals surface area contributed by atoms with Crippen LogP contribution in [0.4, 0.5) is 0 Å². The zero-order valence-electron chi connectivity index (χ0n) is 22.6. The molecule has 0 aliphatic heterocycles. The molecule has 0 aromatic heterocycles. The Morgan fingerprint density at radius 1 is 1.03 bits per heavy atom. The third-order valence-electron chi connectivity index (χ3n) is 6.56. The highest BCUT2D eigenvalue weighted by Gasteiger charge is 2.39. The highest BCUT2D eigenvalue weighted by molar-refractivity contribution is 6.74. The molecule has 2 rings (SSSR count). The van der Waals surface area contributed by atoms with Crippen LogP contribution in [0, 0.1) is 11.8 Å². The molecule has 0 unspecified atom stereocenters. The molecule has 35 heavy (non-hydrogen) atoms. The second-order valence-corrected chi connectivity index (χ2v) is 15.3. The van der Waals surface area contributed by atoms with Crippen LogP contribution < -0.4 is 9.47 Å². The van der Waals surface area contributed by atoms with Gasteiger partial charge in [-0.2, -0.15) is 0 Å². The van der Waals surface area contributed by atoms with Crippen molar-refractivity contribution in [3.8, 4) is 23.3 Å². The van der Waals surface area contributed by atoms with Crippen molar-refractivity contribution in [2.45, 2.75) is 90.6 Å². The van der Waals surface area contributed by atoms with Crippen LogP contribution >= 0.6 is 0 Å². The van der Waals surface area contributed by atoms with Crippen molar-refractivity contribution in [2.24, 2.45) is 0 Å². The standard InChI is InChI=1S/C30H42O4Si/c1-8-9-11-16-27(34-35(6,7)30(2,3)4)22-26(31)19-17-24-18-20-28(29(21-24)32-5)33-23-25-14-12-10-13-15-25/h10,12-15,18,20-21,27H,8-9,11,16,22-23H2,1-7H3/t27-/m0/s1. The molecule has 0 fully saturated rings. The monoisotopic (exact) mass is 494 g/mol. The Hall–Kier alpha value is -2.55. The summed E-state index contributed by atoms with van der Waals surface area (Å²) in [6.45, 7) is 13.8. The zero-order chi connectivity index (χ0) is 25.9. The third-order valence-corrected chi connectivity index (χ3v) is 11.1. The summed E-state index contributed by atoms with van der Waals surface area (Å²) < 4.78 is 18.0. The molecular formula is C30H42O4Si. The Balaban J connectivity index is 2.06. The molecule has 0 bridgehead atoms. The number of hydrogen-bond donors (Lipinski definition) is 0. The van der Waals surface area contributed by atoms with Crippen LogP contribution in [0.2, 0.25) is 18.1 Å². The van der Waals surface area contributed by atoms with Crippen LogP contribution in [0.25, 0.3) is 0 Å². The van der Waals surface area contributed by atoms with E-state index in [0.717, 1.165) is 36.8 Å². The Kier molecular flexibility index (Phi) is 11.1. The first-order valence-corrected chi connectivity index (χ1v) is 15.5. The number of ketones is 1. The quantitative estimate of drug-likeness (QED) is 0.173. The van der Waals surface area contributed by atoms with E-state index in [1.54, 1.807) is 7.11 Å². The van der Waals surface area contributed by atoms with Crippen LogP contribution in [0.3, 0.4) is 0 Å². The average Bonchev–Trinajstić information content (AvgIpc) is 2.81. The number of carbonyl (C=O) groups excluding carboxylic acids is 1. The molecule has 0 radical (unpaired) electrons. The lowest BCUT2D eigenvalue weighted by atomic mass is 10.1. The minimum absolute atomic E-state index is 0.0764. The van der Waals surface area contributed by atoms with Gasteiger partial charge in [0.25, 0.3) is 0 Å². The van der Waals surface area contributed by atoms with E-state index in [4.69, 9.17) is 13.9 Å². The molecule has 4 nitrogen and oxygen atoms in total. The molecule has 0 heterocycles. The number of unbranched alkanes of at least 4 members (excludes halogenated alkanes) is 2. The molecule has 0 aliphatic carbocycles. The average molecular weight is 495 g/mol. The third kappa shape index (κ3) is 9.55.